The average Bonchev–Trinajstić information content (AvgIpc) is 3.38. The molecule has 0 unspecified atom stereocenters. The molecule has 8 nitrogen and oxygen atoms in total. The normalized spacial score (nSPS) is 14.3. The first-order valence-corrected chi connectivity index (χ1v) is 14.9. The number of benzene rings is 3. The van der Waals surface area contributed by atoms with E-state index in [-0.39, 0.29) is 12.2 Å². The number of carbonyl (C=O) groups is 1. The topological polar surface area (TPSA) is 76.4 Å². The summed E-state index contributed by atoms with van der Waals surface area (Å²) in [5, 5.41) is 0.639. The molecule has 1 aliphatic heterocycles. The quantitative estimate of drug-likeness (QED) is 0.196. The molecule has 1 aliphatic rings. The molecule has 0 N–H and O–H groups in total. The molecule has 0 spiro atoms. The number of rotatable bonds is 8. The number of likely N-dealkylation sites (N-methyl/N-ethyl adjacent to an activating group) is 1. The van der Waals surface area contributed by atoms with Gasteiger partial charge in [0.25, 0.3) is 5.88 Å². The minimum absolute atomic E-state index is 0.0775. The van der Waals surface area contributed by atoms with Gasteiger partial charge in [-0.1, -0.05) is 29.8 Å². The van der Waals surface area contributed by atoms with Crippen LogP contribution in [0.15, 0.2) is 67.0 Å². The largest absolute Gasteiger partial charge is 0.437 e. The fourth-order valence-electron chi connectivity index (χ4n) is 5.36. The Hall–Kier alpha value is -4.11. The van der Waals surface area contributed by atoms with Gasteiger partial charge in [0.2, 0.25) is 0 Å². The molecular weight excluding hydrogens is 560 g/mol. The third kappa shape index (κ3) is 6.46. The number of Topliss-reactive ketones (excluding diaryl/α,β-unsaturated/α-hetero) is 1. The minimum atomic E-state index is 0.0775. The number of ether oxygens (including phenoxy) is 1. The third-order valence-electron chi connectivity index (χ3n) is 8.17. The van der Waals surface area contributed by atoms with Crippen molar-refractivity contribution in [2.75, 3.05) is 33.2 Å². The van der Waals surface area contributed by atoms with E-state index in [4.69, 9.17) is 26.3 Å². The Balaban J connectivity index is 1.21. The highest BCUT2D eigenvalue weighted by Gasteiger charge is 2.18. The van der Waals surface area contributed by atoms with Crippen molar-refractivity contribution in [3.8, 4) is 23.0 Å². The number of hydrogen-bond acceptors (Lipinski definition) is 7. The summed E-state index contributed by atoms with van der Waals surface area (Å²) in [6.45, 7) is 9.34. The first kappa shape index (κ1) is 29.0. The lowest BCUT2D eigenvalue weighted by molar-refractivity contribution is 0.0992. The minimum Gasteiger partial charge on any atom is -0.437 e. The standard InChI is InChI=1S/C34H35ClN6O2/c1-22-5-12-29(43-34-31-33(40(4)21-36-31)37-32(38-34)24-8-10-28(35)11-9-24)18-27(22)19-30(42)25-6-7-26(23(2)17-25)20-41-15-13-39(3)14-16-41/h5-12,17-18,21H,13-16,19-20H2,1-4H3. The highest BCUT2D eigenvalue weighted by Crippen LogP contribution is 2.31. The smallest absolute Gasteiger partial charge is 0.251 e. The summed E-state index contributed by atoms with van der Waals surface area (Å²) < 4.78 is 8.15. The van der Waals surface area contributed by atoms with Gasteiger partial charge in [0.15, 0.2) is 22.8 Å². The molecule has 5 aromatic rings. The monoisotopic (exact) mass is 594 g/mol. The first-order valence-electron chi connectivity index (χ1n) is 14.5. The van der Waals surface area contributed by atoms with Crippen molar-refractivity contribution in [2.45, 2.75) is 26.8 Å². The number of aromatic nitrogens is 4. The molecule has 0 saturated carbocycles. The molecule has 0 bridgehead atoms. The fraction of sp³-hybridized carbons (Fsp3) is 0.294. The van der Waals surface area contributed by atoms with Crippen LogP contribution in [-0.4, -0.2) is 68.3 Å². The Kier molecular flexibility index (Phi) is 8.25. The van der Waals surface area contributed by atoms with Crippen molar-refractivity contribution in [3.05, 3.63) is 99.8 Å². The van der Waals surface area contributed by atoms with Gasteiger partial charge in [0.05, 0.1) is 6.33 Å². The number of nitrogens with zero attached hydrogens (tertiary/aromatic N) is 6. The highest BCUT2D eigenvalue weighted by atomic mass is 35.5. The zero-order valence-electron chi connectivity index (χ0n) is 25.0. The van der Waals surface area contributed by atoms with Gasteiger partial charge in [-0.15, -0.1) is 0 Å². The van der Waals surface area contributed by atoms with Crippen molar-refractivity contribution in [1.82, 2.24) is 29.3 Å². The first-order chi connectivity index (χ1) is 20.7. The molecule has 43 heavy (non-hydrogen) atoms. The zero-order chi connectivity index (χ0) is 30.1. The summed E-state index contributed by atoms with van der Waals surface area (Å²) in [6, 6.07) is 19.2. The molecule has 3 aromatic carbocycles. The number of aryl methyl sites for hydroxylation is 3. The lowest BCUT2D eigenvalue weighted by Gasteiger charge is -2.32. The van der Waals surface area contributed by atoms with Crippen LogP contribution in [0.25, 0.3) is 22.6 Å². The molecule has 3 heterocycles. The van der Waals surface area contributed by atoms with Crippen LogP contribution in [0.1, 0.15) is 32.6 Å². The van der Waals surface area contributed by atoms with Crippen molar-refractivity contribution in [3.63, 3.8) is 0 Å². The van der Waals surface area contributed by atoms with E-state index >= 15 is 0 Å². The number of fused-ring (bicyclic) bond motifs is 1. The molecule has 2 aromatic heterocycles. The van der Waals surface area contributed by atoms with Gasteiger partial charge in [0, 0.05) is 62.3 Å². The Morgan fingerprint density at radius 1 is 0.884 bits per heavy atom. The molecule has 220 valence electrons. The van der Waals surface area contributed by atoms with Crippen LogP contribution in [-0.2, 0) is 20.0 Å². The van der Waals surface area contributed by atoms with Crippen LogP contribution < -0.4 is 4.74 Å². The molecule has 0 radical (unpaired) electrons. The molecule has 1 saturated heterocycles. The maximum Gasteiger partial charge on any atom is 0.251 e. The van der Waals surface area contributed by atoms with Crippen LogP contribution in [0.3, 0.4) is 0 Å². The number of ketones is 1. The summed E-state index contributed by atoms with van der Waals surface area (Å²) >= 11 is 6.09. The van der Waals surface area contributed by atoms with Crippen LogP contribution in [0.2, 0.25) is 5.02 Å². The highest BCUT2D eigenvalue weighted by molar-refractivity contribution is 6.30. The Bertz CT molecular complexity index is 1790. The molecular formula is C34H35ClN6O2. The van der Waals surface area contributed by atoms with Crippen LogP contribution in [0.4, 0.5) is 0 Å². The SMILES string of the molecule is Cc1ccc(Oc2nc(-c3ccc(Cl)cc3)nc3c2ncn3C)cc1CC(=O)c1ccc(CN2CCN(C)CC2)c(C)c1. The second-order valence-electron chi connectivity index (χ2n) is 11.4. The molecule has 6 rings (SSSR count). The summed E-state index contributed by atoms with van der Waals surface area (Å²) in [6.07, 6.45) is 1.97. The van der Waals surface area contributed by atoms with E-state index in [2.05, 4.69) is 34.8 Å². The van der Waals surface area contributed by atoms with Crippen LogP contribution in [0.5, 0.6) is 11.6 Å². The summed E-state index contributed by atoms with van der Waals surface area (Å²) in [5.41, 5.74) is 7.12. The maximum absolute atomic E-state index is 13.4. The Morgan fingerprint density at radius 3 is 2.40 bits per heavy atom. The summed E-state index contributed by atoms with van der Waals surface area (Å²) in [7, 11) is 4.05. The summed E-state index contributed by atoms with van der Waals surface area (Å²) in [5.74, 6) is 1.52. The number of hydrogen-bond donors (Lipinski definition) is 0. The molecule has 1 fully saturated rings. The zero-order valence-corrected chi connectivity index (χ0v) is 25.7. The molecule has 0 atom stereocenters. The number of halogens is 1. The van der Waals surface area contributed by atoms with E-state index < -0.39 is 0 Å². The molecule has 9 heteroatoms. The number of imidazole rings is 1. The predicted molar refractivity (Wildman–Crippen MR) is 170 cm³/mol. The van der Waals surface area contributed by atoms with E-state index in [0.29, 0.717) is 33.6 Å². The van der Waals surface area contributed by atoms with Crippen molar-refractivity contribution >= 4 is 28.5 Å². The van der Waals surface area contributed by atoms with E-state index in [0.717, 1.165) is 60.5 Å². The molecule has 0 aliphatic carbocycles. The lowest BCUT2D eigenvalue weighted by atomic mass is 9.96. The number of carbonyl (C=O) groups excluding carboxylic acids is 1. The maximum atomic E-state index is 13.4. The Labute approximate surface area is 256 Å². The van der Waals surface area contributed by atoms with Gasteiger partial charge in [-0.3, -0.25) is 9.69 Å². The fourth-order valence-corrected chi connectivity index (χ4v) is 5.49. The van der Waals surface area contributed by atoms with E-state index in [1.165, 1.54) is 5.56 Å². The van der Waals surface area contributed by atoms with Gasteiger partial charge in [-0.2, -0.15) is 4.98 Å². The Morgan fingerprint density at radius 2 is 1.65 bits per heavy atom. The van der Waals surface area contributed by atoms with Gasteiger partial charge in [-0.25, -0.2) is 9.97 Å². The van der Waals surface area contributed by atoms with Crippen molar-refractivity contribution in [1.29, 1.82) is 0 Å². The van der Waals surface area contributed by atoms with Gasteiger partial charge >= 0.3 is 0 Å². The van der Waals surface area contributed by atoms with E-state index in [1.54, 1.807) is 18.5 Å². The van der Waals surface area contributed by atoms with Gasteiger partial charge in [0.1, 0.15) is 5.75 Å². The lowest BCUT2D eigenvalue weighted by Crippen LogP contribution is -2.43. The number of piperazine rings is 1. The van der Waals surface area contributed by atoms with Crippen LogP contribution >= 0.6 is 11.6 Å². The van der Waals surface area contributed by atoms with E-state index in [9.17, 15) is 4.79 Å². The summed E-state index contributed by atoms with van der Waals surface area (Å²) in [4.78, 5) is 32.2. The van der Waals surface area contributed by atoms with Gasteiger partial charge in [-0.05, 0) is 85.6 Å². The van der Waals surface area contributed by atoms with Crippen molar-refractivity contribution in [2.24, 2.45) is 7.05 Å². The second kappa shape index (κ2) is 12.2. The van der Waals surface area contributed by atoms with Gasteiger partial charge < -0.3 is 14.2 Å². The van der Waals surface area contributed by atoms with E-state index in [1.807, 2.05) is 61.0 Å². The van der Waals surface area contributed by atoms with Crippen LogP contribution in [0, 0.1) is 13.8 Å². The van der Waals surface area contributed by atoms with Crippen molar-refractivity contribution < 1.29 is 9.53 Å². The second-order valence-corrected chi connectivity index (χ2v) is 11.8. The predicted octanol–water partition coefficient (Wildman–Crippen LogP) is 6.27. The molecule has 0 amide bonds. The average molecular weight is 595 g/mol. The third-order valence-corrected chi connectivity index (χ3v) is 8.42.